The van der Waals surface area contributed by atoms with E-state index in [4.69, 9.17) is 0 Å². The summed E-state index contributed by atoms with van der Waals surface area (Å²) < 4.78 is 13.3. The van der Waals surface area contributed by atoms with Crippen LogP contribution in [-0.2, 0) is 0 Å². The highest BCUT2D eigenvalue weighted by Gasteiger charge is 2.28. The molecule has 1 aromatic heterocycles. The predicted octanol–water partition coefficient (Wildman–Crippen LogP) is 2.65. The van der Waals surface area contributed by atoms with E-state index in [1.807, 2.05) is 18.2 Å². The zero-order valence-corrected chi connectivity index (χ0v) is 13.8. The number of likely N-dealkylation sites (tertiary alicyclic amines) is 1. The monoisotopic (exact) mass is 341 g/mol. The van der Waals surface area contributed by atoms with Gasteiger partial charge in [0.2, 0.25) is 5.95 Å². The maximum absolute atomic E-state index is 13.3. The lowest BCUT2D eigenvalue weighted by Gasteiger charge is -2.36. The van der Waals surface area contributed by atoms with Crippen LogP contribution in [0.3, 0.4) is 0 Å². The summed E-state index contributed by atoms with van der Waals surface area (Å²) in [5.74, 6) is -1.05. The van der Waals surface area contributed by atoms with Crippen molar-refractivity contribution in [3.8, 4) is 0 Å². The van der Waals surface area contributed by atoms with Gasteiger partial charge in [0.25, 0.3) is 11.8 Å². The number of pyridine rings is 1. The fourth-order valence-electron chi connectivity index (χ4n) is 3.08. The van der Waals surface area contributed by atoms with Gasteiger partial charge in [-0.1, -0.05) is 18.2 Å². The smallest absolute Gasteiger partial charge is 0.254 e. The standard InChI is InChI=1S/C19H20FN3O2/c20-17-12-15(9-10-21-17)19(25)23-11-5-4-8-16(23)13-22-18(24)14-6-2-1-3-7-14/h1-3,6-7,9-10,12,16H,4-5,8,11,13H2,(H,22,24)/t16-/m1/s1. The van der Waals surface area contributed by atoms with Crippen molar-refractivity contribution in [2.24, 2.45) is 0 Å². The van der Waals surface area contributed by atoms with Crippen molar-refractivity contribution in [1.82, 2.24) is 15.2 Å². The van der Waals surface area contributed by atoms with E-state index >= 15 is 0 Å². The van der Waals surface area contributed by atoms with E-state index in [-0.39, 0.29) is 23.4 Å². The van der Waals surface area contributed by atoms with E-state index in [0.29, 0.717) is 18.7 Å². The number of carbonyl (C=O) groups is 2. The second-order valence-corrected chi connectivity index (χ2v) is 6.09. The van der Waals surface area contributed by atoms with Gasteiger partial charge in [0.1, 0.15) is 0 Å². The molecule has 1 fully saturated rings. The first kappa shape index (κ1) is 17.1. The maximum atomic E-state index is 13.3. The molecule has 5 nitrogen and oxygen atoms in total. The summed E-state index contributed by atoms with van der Waals surface area (Å²) in [5, 5.41) is 2.90. The van der Waals surface area contributed by atoms with E-state index in [9.17, 15) is 14.0 Å². The minimum Gasteiger partial charge on any atom is -0.350 e. The van der Waals surface area contributed by atoms with Crippen LogP contribution in [0.5, 0.6) is 0 Å². The highest BCUT2D eigenvalue weighted by atomic mass is 19.1. The Balaban J connectivity index is 1.66. The van der Waals surface area contributed by atoms with Gasteiger partial charge >= 0.3 is 0 Å². The third kappa shape index (κ3) is 4.21. The van der Waals surface area contributed by atoms with Crippen LogP contribution in [0, 0.1) is 5.95 Å². The number of carbonyl (C=O) groups excluding carboxylic acids is 2. The fourth-order valence-corrected chi connectivity index (χ4v) is 3.08. The zero-order chi connectivity index (χ0) is 17.6. The molecule has 2 aromatic rings. The van der Waals surface area contributed by atoms with Gasteiger partial charge in [-0.3, -0.25) is 9.59 Å². The lowest BCUT2D eigenvalue weighted by Crippen LogP contribution is -2.49. The molecule has 1 aliphatic heterocycles. The first-order valence-electron chi connectivity index (χ1n) is 8.41. The van der Waals surface area contributed by atoms with Gasteiger partial charge in [-0.15, -0.1) is 0 Å². The average Bonchev–Trinajstić information content (AvgIpc) is 2.66. The average molecular weight is 341 g/mol. The predicted molar refractivity (Wildman–Crippen MR) is 91.6 cm³/mol. The van der Waals surface area contributed by atoms with Crippen LogP contribution < -0.4 is 5.32 Å². The summed E-state index contributed by atoms with van der Waals surface area (Å²) in [5.41, 5.74) is 0.876. The van der Waals surface area contributed by atoms with Gasteiger partial charge in [-0.05, 0) is 37.5 Å². The number of aromatic nitrogens is 1. The summed E-state index contributed by atoms with van der Waals surface area (Å²) in [6.07, 6.45) is 4.01. The number of nitrogens with one attached hydrogen (secondary N) is 1. The second-order valence-electron chi connectivity index (χ2n) is 6.09. The lowest BCUT2D eigenvalue weighted by atomic mass is 10.0. The van der Waals surface area contributed by atoms with Crippen LogP contribution in [0.25, 0.3) is 0 Å². The van der Waals surface area contributed by atoms with Gasteiger partial charge in [0.05, 0.1) is 0 Å². The van der Waals surface area contributed by atoms with Crippen molar-refractivity contribution in [1.29, 1.82) is 0 Å². The summed E-state index contributed by atoms with van der Waals surface area (Å²) in [6, 6.07) is 11.5. The number of hydrogen-bond donors (Lipinski definition) is 1. The molecular weight excluding hydrogens is 321 g/mol. The Bertz CT molecular complexity index is 751. The first-order valence-corrected chi connectivity index (χ1v) is 8.41. The van der Waals surface area contributed by atoms with Gasteiger partial charge in [-0.2, -0.15) is 4.39 Å². The Kier molecular flexibility index (Phi) is 5.38. The molecule has 6 heteroatoms. The van der Waals surface area contributed by atoms with E-state index in [1.165, 1.54) is 12.3 Å². The highest BCUT2D eigenvalue weighted by molar-refractivity contribution is 5.95. The molecule has 2 heterocycles. The molecule has 25 heavy (non-hydrogen) atoms. The molecule has 0 bridgehead atoms. The maximum Gasteiger partial charge on any atom is 0.254 e. The summed E-state index contributed by atoms with van der Waals surface area (Å²) >= 11 is 0. The number of hydrogen-bond acceptors (Lipinski definition) is 3. The van der Waals surface area contributed by atoms with Gasteiger partial charge in [0.15, 0.2) is 0 Å². The Morgan fingerprint density at radius 3 is 2.72 bits per heavy atom. The number of nitrogens with zero attached hydrogens (tertiary/aromatic N) is 2. The second kappa shape index (κ2) is 7.88. The van der Waals surface area contributed by atoms with Crippen LogP contribution in [0.2, 0.25) is 0 Å². The van der Waals surface area contributed by atoms with Crippen molar-refractivity contribution in [2.75, 3.05) is 13.1 Å². The highest BCUT2D eigenvalue weighted by Crippen LogP contribution is 2.19. The first-order chi connectivity index (χ1) is 12.1. The van der Waals surface area contributed by atoms with Crippen LogP contribution in [-0.4, -0.2) is 40.8 Å². The molecule has 130 valence electrons. The number of piperidine rings is 1. The van der Waals surface area contributed by atoms with E-state index in [2.05, 4.69) is 10.3 Å². The van der Waals surface area contributed by atoms with E-state index < -0.39 is 5.95 Å². The molecule has 0 aliphatic carbocycles. The molecule has 1 aliphatic rings. The Morgan fingerprint density at radius 2 is 1.96 bits per heavy atom. The van der Waals surface area contributed by atoms with Gasteiger partial charge in [0, 0.05) is 42.5 Å². The van der Waals surface area contributed by atoms with Gasteiger partial charge in [-0.25, -0.2) is 4.98 Å². The third-order valence-electron chi connectivity index (χ3n) is 4.40. The molecule has 0 saturated carbocycles. The quantitative estimate of drug-likeness (QED) is 0.870. The van der Waals surface area contributed by atoms with Crippen molar-refractivity contribution >= 4 is 11.8 Å². The van der Waals surface area contributed by atoms with Crippen LogP contribution in [0.4, 0.5) is 4.39 Å². The number of amides is 2. The minimum atomic E-state index is -0.670. The molecule has 2 amide bonds. The fraction of sp³-hybridized carbons (Fsp3) is 0.316. The number of benzene rings is 1. The number of rotatable bonds is 4. The summed E-state index contributed by atoms with van der Waals surface area (Å²) in [7, 11) is 0. The summed E-state index contributed by atoms with van der Waals surface area (Å²) in [6.45, 7) is 0.988. The summed E-state index contributed by atoms with van der Waals surface area (Å²) in [4.78, 5) is 30.1. The Hall–Kier alpha value is -2.76. The molecule has 0 radical (unpaired) electrons. The van der Waals surface area contributed by atoms with E-state index in [1.54, 1.807) is 17.0 Å². The molecule has 1 atom stereocenters. The van der Waals surface area contributed by atoms with Crippen molar-refractivity contribution < 1.29 is 14.0 Å². The Morgan fingerprint density at radius 1 is 1.16 bits per heavy atom. The van der Waals surface area contributed by atoms with Crippen molar-refractivity contribution in [3.05, 3.63) is 65.7 Å². The minimum absolute atomic E-state index is 0.0925. The zero-order valence-electron chi connectivity index (χ0n) is 13.8. The van der Waals surface area contributed by atoms with Crippen molar-refractivity contribution in [3.63, 3.8) is 0 Å². The molecule has 0 spiro atoms. The molecule has 0 unspecified atom stereocenters. The normalized spacial score (nSPS) is 17.2. The lowest BCUT2D eigenvalue weighted by molar-refractivity contribution is 0.0602. The Labute approximate surface area is 145 Å². The topological polar surface area (TPSA) is 62.3 Å². The molecule has 1 N–H and O–H groups in total. The molecule has 3 rings (SSSR count). The largest absolute Gasteiger partial charge is 0.350 e. The van der Waals surface area contributed by atoms with Crippen LogP contribution in [0.1, 0.15) is 40.0 Å². The molecular formula is C19H20FN3O2. The third-order valence-corrected chi connectivity index (χ3v) is 4.40. The van der Waals surface area contributed by atoms with Gasteiger partial charge < -0.3 is 10.2 Å². The molecule has 1 aromatic carbocycles. The van der Waals surface area contributed by atoms with Crippen LogP contribution in [0.15, 0.2) is 48.7 Å². The number of halogens is 1. The van der Waals surface area contributed by atoms with Crippen molar-refractivity contribution in [2.45, 2.75) is 25.3 Å². The van der Waals surface area contributed by atoms with E-state index in [0.717, 1.165) is 25.3 Å². The molecule has 1 saturated heterocycles. The van der Waals surface area contributed by atoms with Crippen LogP contribution >= 0.6 is 0 Å². The SMILES string of the molecule is O=C(NC[C@H]1CCCCN1C(=O)c1ccnc(F)c1)c1ccccc1.